The monoisotopic (exact) mass is 606 g/mol. The lowest BCUT2D eigenvalue weighted by Crippen LogP contribution is -2.00. The highest BCUT2D eigenvalue weighted by molar-refractivity contribution is 6.00. The predicted molar refractivity (Wildman–Crippen MR) is 181 cm³/mol. The van der Waals surface area contributed by atoms with Gasteiger partial charge in [0.1, 0.15) is 11.8 Å². The van der Waals surface area contributed by atoms with Crippen LogP contribution in [0.2, 0.25) is 0 Å². The van der Waals surface area contributed by atoms with Crippen LogP contribution in [-0.2, 0) is 0 Å². The lowest BCUT2D eigenvalue weighted by Gasteiger charge is -2.12. The Morgan fingerprint density at radius 1 is 0.468 bits per heavy atom. The van der Waals surface area contributed by atoms with Crippen molar-refractivity contribution in [1.29, 1.82) is 0 Å². The summed E-state index contributed by atoms with van der Waals surface area (Å²) in [6, 6.07) is 36.4. The van der Waals surface area contributed by atoms with E-state index >= 15 is 0 Å². The van der Waals surface area contributed by atoms with Gasteiger partial charge in [-0.05, 0) is 35.4 Å². The van der Waals surface area contributed by atoms with Crippen LogP contribution in [0.3, 0.4) is 0 Å². The van der Waals surface area contributed by atoms with Crippen molar-refractivity contribution in [1.82, 2.24) is 39.9 Å². The molecule has 9 nitrogen and oxygen atoms in total. The van der Waals surface area contributed by atoms with Crippen molar-refractivity contribution in [3.63, 3.8) is 0 Å². The third-order valence-electron chi connectivity index (χ3n) is 7.98. The van der Waals surface area contributed by atoms with Crippen LogP contribution in [0.4, 0.5) is 0 Å². The van der Waals surface area contributed by atoms with Crippen molar-refractivity contribution in [2.75, 3.05) is 0 Å². The fraction of sp³-hybridized carbons (Fsp3) is 0. The molecule has 0 fully saturated rings. The van der Waals surface area contributed by atoms with Crippen molar-refractivity contribution < 1.29 is 4.42 Å². The molecule has 0 aliphatic rings. The molecule has 5 aromatic heterocycles. The Morgan fingerprint density at radius 3 is 1.94 bits per heavy atom. The van der Waals surface area contributed by atoms with Crippen molar-refractivity contribution >= 4 is 33.2 Å². The average Bonchev–Trinajstić information content (AvgIpc) is 3.53. The molecule has 0 saturated heterocycles. The summed E-state index contributed by atoms with van der Waals surface area (Å²) in [7, 11) is 0. The van der Waals surface area contributed by atoms with Gasteiger partial charge in [0.25, 0.3) is 0 Å². The standard InChI is InChI=1S/C38H22N8O/c1-3-9-23(10-4-1)35-44-36(24-11-5-2-6-12-24)46-37(45-35)27-14-7-13-25(17-27)28-18-26-15-8-16-40-32(26)29(19-28)30-20-41-34-33-31(21-39-22-42-33)47-38(34)43-30/h1-22H. The van der Waals surface area contributed by atoms with E-state index in [9.17, 15) is 0 Å². The highest BCUT2D eigenvalue weighted by atomic mass is 16.3. The van der Waals surface area contributed by atoms with E-state index in [0.29, 0.717) is 45.5 Å². The van der Waals surface area contributed by atoms with Crippen LogP contribution in [0.15, 0.2) is 139 Å². The van der Waals surface area contributed by atoms with Crippen LogP contribution in [-0.4, -0.2) is 39.9 Å². The Bertz CT molecular complexity index is 2530. The molecular formula is C38H22N8O. The van der Waals surface area contributed by atoms with Crippen molar-refractivity contribution in [2.24, 2.45) is 0 Å². The first-order valence-corrected chi connectivity index (χ1v) is 15.0. The molecule has 0 unspecified atom stereocenters. The summed E-state index contributed by atoms with van der Waals surface area (Å²) in [6.07, 6.45) is 6.62. The van der Waals surface area contributed by atoms with E-state index in [1.54, 1.807) is 18.6 Å². The highest BCUT2D eigenvalue weighted by Gasteiger charge is 2.17. The molecule has 47 heavy (non-hydrogen) atoms. The number of benzene rings is 4. The third-order valence-corrected chi connectivity index (χ3v) is 7.98. The number of rotatable bonds is 5. The average molecular weight is 607 g/mol. The number of pyridine rings is 1. The summed E-state index contributed by atoms with van der Waals surface area (Å²) in [5, 5.41) is 0.973. The van der Waals surface area contributed by atoms with Gasteiger partial charge in [-0.15, -0.1) is 0 Å². The molecule has 0 bridgehead atoms. The molecule has 0 saturated carbocycles. The fourth-order valence-corrected chi connectivity index (χ4v) is 5.74. The number of furan rings is 1. The van der Waals surface area contributed by atoms with E-state index in [2.05, 4.69) is 39.2 Å². The lowest BCUT2D eigenvalue weighted by molar-refractivity contribution is 0.650. The Kier molecular flexibility index (Phi) is 6.24. The zero-order valence-corrected chi connectivity index (χ0v) is 24.7. The quantitative estimate of drug-likeness (QED) is 0.191. The molecule has 0 amide bonds. The van der Waals surface area contributed by atoms with E-state index in [1.165, 1.54) is 6.33 Å². The van der Waals surface area contributed by atoms with Gasteiger partial charge in [0.15, 0.2) is 28.6 Å². The second-order valence-corrected chi connectivity index (χ2v) is 11.0. The van der Waals surface area contributed by atoms with Gasteiger partial charge >= 0.3 is 0 Å². The first-order chi connectivity index (χ1) is 23.3. The van der Waals surface area contributed by atoms with E-state index in [4.69, 9.17) is 29.3 Å². The highest BCUT2D eigenvalue weighted by Crippen LogP contribution is 2.35. The van der Waals surface area contributed by atoms with Gasteiger partial charge in [0.2, 0.25) is 5.71 Å². The van der Waals surface area contributed by atoms with E-state index in [1.807, 2.05) is 84.9 Å². The molecular weight excluding hydrogens is 584 g/mol. The maximum Gasteiger partial charge on any atom is 0.248 e. The molecule has 0 aliphatic heterocycles. The SMILES string of the molecule is c1ccc(-c2nc(-c3ccccc3)nc(-c3cccc(-c4cc(-c5cnc6c(n5)oc5cncnc56)c5ncccc5c4)c3)n2)cc1. The van der Waals surface area contributed by atoms with Crippen LogP contribution in [0.5, 0.6) is 0 Å². The van der Waals surface area contributed by atoms with E-state index in [0.717, 1.165) is 44.3 Å². The zero-order chi connectivity index (χ0) is 31.2. The topological polar surface area (TPSA) is 116 Å². The minimum absolute atomic E-state index is 0.396. The second kappa shape index (κ2) is 11.0. The van der Waals surface area contributed by atoms with Gasteiger partial charge in [-0.2, -0.15) is 0 Å². The minimum atomic E-state index is 0.396. The number of hydrogen-bond acceptors (Lipinski definition) is 9. The maximum atomic E-state index is 5.95. The summed E-state index contributed by atoms with van der Waals surface area (Å²) >= 11 is 0. The molecule has 9 heteroatoms. The molecule has 4 aromatic carbocycles. The van der Waals surface area contributed by atoms with Crippen LogP contribution >= 0.6 is 0 Å². The van der Waals surface area contributed by atoms with Gasteiger partial charge < -0.3 is 4.42 Å². The molecule has 0 atom stereocenters. The molecule has 0 aliphatic carbocycles. The summed E-state index contributed by atoms with van der Waals surface area (Å²) in [5.74, 6) is 1.82. The first-order valence-electron chi connectivity index (χ1n) is 15.0. The van der Waals surface area contributed by atoms with Gasteiger partial charge in [-0.1, -0.05) is 84.9 Å². The molecule has 0 spiro atoms. The first kappa shape index (κ1) is 26.6. The Morgan fingerprint density at radius 2 is 1.17 bits per heavy atom. The van der Waals surface area contributed by atoms with Crippen molar-refractivity contribution in [2.45, 2.75) is 0 Å². The molecule has 9 rings (SSSR count). The van der Waals surface area contributed by atoms with Crippen LogP contribution in [0, 0.1) is 0 Å². The number of fused-ring (bicyclic) bond motifs is 4. The van der Waals surface area contributed by atoms with Gasteiger partial charge in [-0.25, -0.2) is 34.9 Å². The Labute approximate surface area is 267 Å². The molecule has 5 heterocycles. The molecule has 0 N–H and O–H groups in total. The lowest BCUT2D eigenvalue weighted by atomic mass is 9.97. The minimum Gasteiger partial charge on any atom is -0.433 e. The van der Waals surface area contributed by atoms with Gasteiger partial charge in [0, 0.05) is 33.8 Å². The second-order valence-electron chi connectivity index (χ2n) is 11.0. The fourth-order valence-electron chi connectivity index (χ4n) is 5.74. The molecule has 9 aromatic rings. The number of aromatic nitrogens is 8. The molecule has 220 valence electrons. The Balaban J connectivity index is 1.19. The number of nitrogens with zero attached hydrogens (tertiary/aromatic N) is 8. The van der Waals surface area contributed by atoms with E-state index < -0.39 is 0 Å². The number of hydrogen-bond donors (Lipinski definition) is 0. The van der Waals surface area contributed by atoms with Gasteiger partial charge in [-0.3, -0.25) is 4.98 Å². The van der Waals surface area contributed by atoms with Crippen molar-refractivity contribution in [3.8, 4) is 56.5 Å². The largest absolute Gasteiger partial charge is 0.433 e. The Hall–Kier alpha value is -6.74. The zero-order valence-electron chi connectivity index (χ0n) is 24.7. The summed E-state index contributed by atoms with van der Waals surface area (Å²) < 4.78 is 5.95. The third kappa shape index (κ3) is 4.83. The van der Waals surface area contributed by atoms with Crippen LogP contribution in [0.1, 0.15) is 0 Å². The summed E-state index contributed by atoms with van der Waals surface area (Å²) in [5.41, 5.74) is 9.14. The van der Waals surface area contributed by atoms with E-state index in [-0.39, 0.29) is 0 Å². The normalized spacial score (nSPS) is 11.4. The van der Waals surface area contributed by atoms with Gasteiger partial charge in [0.05, 0.1) is 23.6 Å². The smallest absolute Gasteiger partial charge is 0.248 e. The van der Waals surface area contributed by atoms with Crippen LogP contribution in [0.25, 0.3) is 89.8 Å². The predicted octanol–water partition coefficient (Wildman–Crippen LogP) is 8.23. The summed E-state index contributed by atoms with van der Waals surface area (Å²) in [6.45, 7) is 0. The molecule has 0 radical (unpaired) electrons. The van der Waals surface area contributed by atoms with Crippen molar-refractivity contribution in [3.05, 3.63) is 134 Å². The maximum absolute atomic E-state index is 5.95. The summed E-state index contributed by atoms with van der Waals surface area (Å²) in [4.78, 5) is 37.3. The van der Waals surface area contributed by atoms with Crippen LogP contribution < -0.4 is 0 Å².